The second kappa shape index (κ2) is 14.5. The first kappa shape index (κ1) is 32.2. The molecule has 3 amide bonds. The maximum atomic E-state index is 13.9. The van der Waals surface area contributed by atoms with Crippen LogP contribution in [0.15, 0.2) is 48.5 Å². The summed E-state index contributed by atoms with van der Waals surface area (Å²) in [5.41, 5.74) is 1.76. The van der Waals surface area contributed by atoms with Crippen molar-refractivity contribution in [1.29, 1.82) is 0 Å². The van der Waals surface area contributed by atoms with Gasteiger partial charge < -0.3 is 0 Å². The van der Waals surface area contributed by atoms with Gasteiger partial charge in [0.2, 0.25) is 0 Å². The Morgan fingerprint density at radius 2 is 1.27 bits per heavy atom. The van der Waals surface area contributed by atoms with Gasteiger partial charge in [-0.3, -0.25) is 0 Å². The first-order chi connectivity index (χ1) is 19.1. The van der Waals surface area contributed by atoms with Crippen molar-refractivity contribution in [3.05, 3.63) is 65.2 Å². The fourth-order valence-electron chi connectivity index (χ4n) is 5.63. The summed E-state index contributed by atoms with van der Waals surface area (Å²) in [6, 6.07) is 14.7. The van der Waals surface area contributed by atoms with Crippen molar-refractivity contribution in [2.45, 2.75) is 106 Å². The zero-order valence-corrected chi connectivity index (χ0v) is 28.3. The first-order valence-electron chi connectivity index (χ1n) is 15.1. The summed E-state index contributed by atoms with van der Waals surface area (Å²) in [5, 5.41) is 0. The molecule has 0 unspecified atom stereocenters. The van der Waals surface area contributed by atoms with Gasteiger partial charge in [-0.25, -0.2) is 0 Å². The van der Waals surface area contributed by atoms with Gasteiger partial charge in [0.15, 0.2) is 0 Å². The van der Waals surface area contributed by atoms with Crippen molar-refractivity contribution in [1.82, 2.24) is 4.90 Å². The molecule has 1 aliphatic rings. The van der Waals surface area contributed by atoms with Gasteiger partial charge in [-0.15, -0.1) is 0 Å². The van der Waals surface area contributed by atoms with Gasteiger partial charge in [0.1, 0.15) is 0 Å². The molecule has 1 aliphatic heterocycles. The summed E-state index contributed by atoms with van der Waals surface area (Å²) in [6.45, 7) is 12.6. The van der Waals surface area contributed by atoms with Crippen LogP contribution in [0.5, 0.6) is 0 Å². The molecule has 2 aromatic carbocycles. The van der Waals surface area contributed by atoms with Crippen molar-refractivity contribution in [2.75, 3.05) is 9.46 Å². The van der Waals surface area contributed by atoms with Crippen molar-refractivity contribution in [2.24, 2.45) is 0 Å². The van der Waals surface area contributed by atoms with Crippen molar-refractivity contribution in [3.63, 3.8) is 0 Å². The molecule has 40 heavy (non-hydrogen) atoms. The number of carbonyl (C=O) groups is 3. The van der Waals surface area contributed by atoms with Gasteiger partial charge in [0.25, 0.3) is 0 Å². The van der Waals surface area contributed by atoms with Gasteiger partial charge in [-0.1, -0.05) is 0 Å². The van der Waals surface area contributed by atoms with E-state index in [1.54, 1.807) is 24.3 Å². The van der Waals surface area contributed by atoms with E-state index in [9.17, 15) is 14.4 Å². The van der Waals surface area contributed by atoms with E-state index in [0.29, 0.717) is 11.1 Å². The third-order valence-electron chi connectivity index (χ3n) is 7.78. The Hall–Kier alpha value is -2.35. The second-order valence-electron chi connectivity index (χ2n) is 12.2. The number of amides is 3. The molecule has 1 heterocycles. The average molecular weight is 655 g/mol. The summed E-state index contributed by atoms with van der Waals surface area (Å²) in [5.74, 6) is -0.580. The minimum absolute atomic E-state index is 0.114. The summed E-state index contributed by atoms with van der Waals surface area (Å²) in [7, 11) is 0. The van der Waals surface area contributed by atoms with E-state index < -0.39 is 24.0 Å². The van der Waals surface area contributed by atoms with Crippen LogP contribution in [0.1, 0.15) is 106 Å². The number of ether oxygens (including phenoxy) is 1. The number of benzene rings is 2. The Morgan fingerprint density at radius 3 is 1.75 bits per heavy atom. The number of nitrogens with zero attached hydrogens (tertiary/aromatic N) is 2. The quantitative estimate of drug-likeness (QED) is 0.151. The molecule has 0 radical (unpaired) electrons. The van der Waals surface area contributed by atoms with Crippen LogP contribution in [0.3, 0.4) is 0 Å². The minimum atomic E-state index is -2.87. The van der Waals surface area contributed by atoms with Crippen LogP contribution >= 0.6 is 0 Å². The Balaban J connectivity index is 2.04. The summed E-state index contributed by atoms with van der Waals surface area (Å²) < 4.78 is 10.5. The third kappa shape index (κ3) is 8.11. The molecule has 2 aromatic rings. The number of para-hydroxylation sites is 1. The molecule has 0 bridgehead atoms. The zero-order chi connectivity index (χ0) is 29.3. The monoisotopic (exact) mass is 656 g/mol. The van der Waals surface area contributed by atoms with Gasteiger partial charge in [-0.2, -0.15) is 0 Å². The van der Waals surface area contributed by atoms with E-state index in [2.05, 4.69) is 20.8 Å². The Labute approximate surface area is 245 Å². The number of hydrogen-bond donors (Lipinski definition) is 0. The predicted molar refractivity (Wildman–Crippen MR) is 166 cm³/mol. The van der Waals surface area contributed by atoms with E-state index in [1.807, 2.05) is 49.9 Å². The molecule has 0 saturated heterocycles. The number of unbranched alkanes of at least 4 members (excludes halogenated alkanes) is 3. The van der Waals surface area contributed by atoms with Gasteiger partial charge in [0.05, 0.1) is 0 Å². The molecular formula is C33H48N2O4Sn. The normalized spacial score (nSPS) is 13.5. The molecule has 0 saturated carbocycles. The number of hydrogen-bond acceptors (Lipinski definition) is 4. The van der Waals surface area contributed by atoms with Gasteiger partial charge >= 0.3 is 246 Å². The van der Waals surface area contributed by atoms with Crippen LogP contribution in [-0.4, -0.2) is 51.3 Å². The molecule has 0 aliphatic carbocycles. The number of imide groups is 1. The van der Waals surface area contributed by atoms with E-state index in [0.717, 1.165) is 35.1 Å². The number of anilines is 1. The maximum absolute atomic E-state index is 13.9. The predicted octanol–water partition coefficient (Wildman–Crippen LogP) is 8.61. The van der Waals surface area contributed by atoms with Crippen LogP contribution in [0.2, 0.25) is 13.3 Å². The van der Waals surface area contributed by atoms with Crippen LogP contribution in [0.4, 0.5) is 10.5 Å². The Morgan fingerprint density at radius 1 is 0.800 bits per heavy atom. The summed E-state index contributed by atoms with van der Waals surface area (Å²) in [6.07, 6.45) is 6.71. The van der Waals surface area contributed by atoms with E-state index in [-0.39, 0.29) is 24.5 Å². The molecule has 3 rings (SSSR count). The third-order valence-corrected chi connectivity index (χ3v) is 22.7. The summed E-state index contributed by atoms with van der Waals surface area (Å²) >= 11 is -2.87. The van der Waals surface area contributed by atoms with Crippen molar-refractivity contribution < 1.29 is 19.1 Å². The summed E-state index contributed by atoms with van der Waals surface area (Å²) in [4.78, 5) is 43.5. The Bertz CT molecular complexity index is 1120. The molecule has 0 fully saturated rings. The molecule has 7 heteroatoms. The van der Waals surface area contributed by atoms with Gasteiger partial charge in [0, 0.05) is 0 Å². The van der Waals surface area contributed by atoms with Gasteiger partial charge in [-0.05, 0) is 0 Å². The molecule has 0 atom stereocenters. The molecule has 0 aromatic heterocycles. The van der Waals surface area contributed by atoms with E-state index >= 15 is 0 Å². The van der Waals surface area contributed by atoms with Crippen LogP contribution in [-0.2, 0) is 11.3 Å². The molecule has 6 nitrogen and oxygen atoms in total. The number of carbonyl (C=O) groups excluding carboxylic acids is 3. The Kier molecular flexibility index (Phi) is 11.7. The van der Waals surface area contributed by atoms with Crippen LogP contribution in [0.25, 0.3) is 0 Å². The van der Waals surface area contributed by atoms with E-state index in [4.69, 9.17) is 4.74 Å². The average Bonchev–Trinajstić information content (AvgIpc) is 3.16. The molecular weight excluding hydrogens is 607 g/mol. The first-order valence-corrected chi connectivity index (χ1v) is 23.2. The number of rotatable bonds is 14. The second-order valence-corrected chi connectivity index (χ2v) is 26.0. The van der Waals surface area contributed by atoms with Crippen molar-refractivity contribution in [3.8, 4) is 0 Å². The van der Waals surface area contributed by atoms with E-state index in [1.165, 1.54) is 37.5 Å². The fourth-order valence-corrected chi connectivity index (χ4v) is 21.3. The van der Waals surface area contributed by atoms with Crippen molar-refractivity contribution >= 4 is 42.0 Å². The zero-order valence-electron chi connectivity index (χ0n) is 25.4. The molecule has 0 spiro atoms. The van der Waals surface area contributed by atoms with Crippen LogP contribution in [0, 0.1) is 0 Å². The molecule has 0 N–H and O–H groups in total. The molecule has 218 valence electrons. The topological polar surface area (TPSA) is 66.9 Å². The fraction of sp³-hybridized carbons (Fsp3) is 0.545. The standard InChI is InChI=1S/C21H21N2O4.3C4H9.Sn/c1-21(2,3)27-20(26)22(4)17-12-8-5-9-14(17)13-23-18(24)15-10-6-7-11-16(15)19(23)25;3*1-3-4-2;/h5-12H,4,13H2,1-3H3;3*1,3-4H2,2H3;. The number of fused-ring (bicyclic) bond motifs is 1. The SMILES string of the molecule is CCC[CH2][Sn]([CH2]CCC)([CH2]CCC)[CH2]N(C(=O)OC(C)(C)C)c1ccccc1CN1C(=O)c2ccccc2C1=O. The van der Waals surface area contributed by atoms with Crippen LogP contribution < -0.4 is 4.90 Å².